The summed E-state index contributed by atoms with van der Waals surface area (Å²) in [6.45, 7) is 1.73. The van der Waals surface area contributed by atoms with Crippen LogP contribution in [-0.4, -0.2) is 39.0 Å². The van der Waals surface area contributed by atoms with E-state index in [4.69, 9.17) is 5.26 Å². The zero-order valence-corrected chi connectivity index (χ0v) is 11.7. The van der Waals surface area contributed by atoms with Crippen LogP contribution < -0.4 is 4.72 Å². The molecule has 1 N–H and O–H groups in total. The van der Waals surface area contributed by atoms with Crippen molar-refractivity contribution in [2.45, 2.75) is 23.8 Å². The minimum absolute atomic E-state index is 0.0584. The lowest BCUT2D eigenvalue weighted by Gasteiger charge is -2.30. The van der Waals surface area contributed by atoms with Crippen molar-refractivity contribution in [1.29, 1.82) is 5.26 Å². The van der Waals surface area contributed by atoms with Crippen molar-refractivity contribution < 1.29 is 12.8 Å². The first kappa shape index (κ1) is 14.9. The number of hydrogen-bond donors (Lipinski definition) is 1. The maximum atomic E-state index is 13.1. The Morgan fingerprint density at radius 1 is 1.40 bits per heavy atom. The number of piperidine rings is 1. The van der Waals surface area contributed by atoms with E-state index in [2.05, 4.69) is 10.8 Å². The molecule has 0 bridgehead atoms. The Labute approximate surface area is 118 Å². The number of halogens is 1. The van der Waals surface area contributed by atoms with E-state index >= 15 is 0 Å². The summed E-state index contributed by atoms with van der Waals surface area (Å²) in [4.78, 5) is 1.92. The van der Waals surface area contributed by atoms with Crippen molar-refractivity contribution in [1.82, 2.24) is 9.62 Å². The van der Waals surface area contributed by atoms with Crippen molar-refractivity contribution in [2.75, 3.05) is 19.6 Å². The highest BCUT2D eigenvalue weighted by Crippen LogP contribution is 2.15. The van der Waals surface area contributed by atoms with Gasteiger partial charge in [0.1, 0.15) is 5.82 Å². The molecule has 5 nitrogen and oxygen atoms in total. The Bertz CT molecular complexity index is 604. The van der Waals surface area contributed by atoms with Gasteiger partial charge >= 0.3 is 0 Å². The number of nitriles is 1. The maximum absolute atomic E-state index is 13.1. The molecule has 0 saturated carbocycles. The number of likely N-dealkylation sites (tertiary alicyclic amines) is 1. The molecular formula is C13H16FN3O2S. The van der Waals surface area contributed by atoms with Crippen molar-refractivity contribution in [3.8, 4) is 6.07 Å². The van der Waals surface area contributed by atoms with E-state index in [0.29, 0.717) is 32.5 Å². The standard InChI is InChI=1S/C13H16FN3O2S/c14-11-2-1-3-13(10-11)20(18,19)16-12-4-7-17(8-5-12)9-6-15/h1-3,10,12,16H,4-5,7-9H2. The fourth-order valence-corrected chi connectivity index (χ4v) is 3.57. The quantitative estimate of drug-likeness (QED) is 0.844. The summed E-state index contributed by atoms with van der Waals surface area (Å²) in [7, 11) is -3.69. The molecule has 2 rings (SSSR count). The predicted octanol–water partition coefficient (Wildman–Crippen LogP) is 1.09. The Balaban J connectivity index is 1.98. The summed E-state index contributed by atoms with van der Waals surface area (Å²) in [5.41, 5.74) is 0. The van der Waals surface area contributed by atoms with Crippen LogP contribution in [0.4, 0.5) is 4.39 Å². The van der Waals surface area contributed by atoms with Gasteiger partial charge in [0.15, 0.2) is 0 Å². The van der Waals surface area contributed by atoms with Crippen LogP contribution in [0.25, 0.3) is 0 Å². The summed E-state index contributed by atoms with van der Waals surface area (Å²) >= 11 is 0. The van der Waals surface area contributed by atoms with Gasteiger partial charge < -0.3 is 0 Å². The highest BCUT2D eigenvalue weighted by atomic mass is 32.2. The van der Waals surface area contributed by atoms with Gasteiger partial charge in [-0.2, -0.15) is 5.26 Å². The fraction of sp³-hybridized carbons (Fsp3) is 0.462. The topological polar surface area (TPSA) is 73.2 Å². The van der Waals surface area contributed by atoms with Crippen LogP contribution in [0.3, 0.4) is 0 Å². The van der Waals surface area contributed by atoms with Crippen molar-refractivity contribution in [3.05, 3.63) is 30.1 Å². The second kappa shape index (κ2) is 6.31. The molecule has 1 aliphatic rings. The van der Waals surface area contributed by atoms with Crippen LogP contribution in [0.5, 0.6) is 0 Å². The van der Waals surface area contributed by atoms with Crippen molar-refractivity contribution in [3.63, 3.8) is 0 Å². The monoisotopic (exact) mass is 297 g/mol. The molecule has 7 heteroatoms. The molecule has 1 heterocycles. The zero-order chi connectivity index (χ0) is 14.6. The van der Waals surface area contributed by atoms with E-state index in [0.717, 1.165) is 6.07 Å². The zero-order valence-electron chi connectivity index (χ0n) is 10.9. The molecule has 0 radical (unpaired) electrons. The van der Waals surface area contributed by atoms with Crippen LogP contribution in [0, 0.1) is 17.1 Å². The molecule has 108 valence electrons. The van der Waals surface area contributed by atoms with Crippen LogP contribution in [0.1, 0.15) is 12.8 Å². The molecule has 1 aromatic rings. The van der Waals surface area contributed by atoms with E-state index in [1.807, 2.05) is 4.90 Å². The lowest BCUT2D eigenvalue weighted by atomic mass is 10.1. The Morgan fingerprint density at radius 3 is 2.70 bits per heavy atom. The van der Waals surface area contributed by atoms with Crippen LogP contribution in [0.2, 0.25) is 0 Å². The fourth-order valence-electron chi connectivity index (χ4n) is 2.23. The van der Waals surface area contributed by atoms with Crippen LogP contribution in [-0.2, 0) is 10.0 Å². The maximum Gasteiger partial charge on any atom is 0.240 e. The Hall–Kier alpha value is -1.49. The molecule has 0 atom stereocenters. The van der Waals surface area contributed by atoms with Gasteiger partial charge in [-0.15, -0.1) is 0 Å². The number of benzene rings is 1. The third-order valence-corrected chi connectivity index (χ3v) is 4.83. The summed E-state index contributed by atoms with van der Waals surface area (Å²) < 4.78 is 39.9. The molecule has 1 aromatic carbocycles. The van der Waals surface area contributed by atoms with E-state index in [9.17, 15) is 12.8 Å². The van der Waals surface area contributed by atoms with Gasteiger partial charge in [0.2, 0.25) is 10.0 Å². The second-order valence-corrected chi connectivity index (χ2v) is 6.50. The third kappa shape index (κ3) is 3.76. The van der Waals surface area contributed by atoms with Crippen molar-refractivity contribution in [2.24, 2.45) is 0 Å². The molecule has 20 heavy (non-hydrogen) atoms. The summed E-state index contributed by atoms with van der Waals surface area (Å²) in [5, 5.41) is 8.61. The van der Waals surface area contributed by atoms with E-state index in [1.54, 1.807) is 0 Å². The molecule has 0 unspecified atom stereocenters. The van der Waals surface area contributed by atoms with E-state index < -0.39 is 15.8 Å². The first-order chi connectivity index (χ1) is 9.51. The lowest BCUT2D eigenvalue weighted by molar-refractivity contribution is 0.229. The van der Waals surface area contributed by atoms with E-state index in [-0.39, 0.29) is 10.9 Å². The molecule has 0 amide bonds. The number of nitrogens with one attached hydrogen (secondary N) is 1. The molecular weight excluding hydrogens is 281 g/mol. The minimum atomic E-state index is -3.69. The van der Waals surface area contributed by atoms with Crippen LogP contribution in [0.15, 0.2) is 29.2 Å². The van der Waals surface area contributed by atoms with E-state index in [1.165, 1.54) is 18.2 Å². The molecule has 0 spiro atoms. The highest BCUT2D eigenvalue weighted by Gasteiger charge is 2.24. The Kier molecular flexibility index (Phi) is 4.70. The molecule has 0 aliphatic carbocycles. The first-order valence-corrected chi connectivity index (χ1v) is 7.87. The first-order valence-electron chi connectivity index (χ1n) is 6.38. The third-order valence-electron chi connectivity index (χ3n) is 3.31. The molecule has 1 saturated heterocycles. The van der Waals surface area contributed by atoms with Crippen LogP contribution >= 0.6 is 0 Å². The lowest BCUT2D eigenvalue weighted by Crippen LogP contribution is -2.44. The largest absolute Gasteiger partial charge is 0.290 e. The normalized spacial score (nSPS) is 17.8. The SMILES string of the molecule is N#CCN1CCC(NS(=O)(=O)c2cccc(F)c2)CC1. The smallest absolute Gasteiger partial charge is 0.240 e. The predicted molar refractivity (Wildman–Crippen MR) is 71.8 cm³/mol. The van der Waals surface area contributed by atoms with Gasteiger partial charge in [0, 0.05) is 19.1 Å². The highest BCUT2D eigenvalue weighted by molar-refractivity contribution is 7.89. The molecule has 1 aliphatic heterocycles. The summed E-state index contributed by atoms with van der Waals surface area (Å²) in [6.07, 6.45) is 1.30. The van der Waals surface area contributed by atoms with Gasteiger partial charge in [-0.1, -0.05) is 6.07 Å². The Morgan fingerprint density at radius 2 is 2.10 bits per heavy atom. The average Bonchev–Trinajstić information content (AvgIpc) is 2.41. The minimum Gasteiger partial charge on any atom is -0.290 e. The number of rotatable bonds is 4. The van der Waals surface area contributed by atoms with Gasteiger partial charge in [0.05, 0.1) is 17.5 Å². The molecule has 0 aromatic heterocycles. The average molecular weight is 297 g/mol. The molecule has 1 fully saturated rings. The second-order valence-electron chi connectivity index (χ2n) is 4.79. The summed E-state index contributed by atoms with van der Waals surface area (Å²) in [6, 6.07) is 6.87. The summed E-state index contributed by atoms with van der Waals surface area (Å²) in [5.74, 6) is -0.572. The number of sulfonamides is 1. The van der Waals surface area contributed by atoms with Gasteiger partial charge in [-0.25, -0.2) is 17.5 Å². The van der Waals surface area contributed by atoms with Crippen molar-refractivity contribution >= 4 is 10.0 Å². The van der Waals surface area contributed by atoms with Gasteiger partial charge in [-0.3, -0.25) is 4.90 Å². The number of hydrogen-bond acceptors (Lipinski definition) is 4. The number of nitrogens with zero attached hydrogens (tertiary/aromatic N) is 2. The van der Waals surface area contributed by atoms with Gasteiger partial charge in [0.25, 0.3) is 0 Å². The van der Waals surface area contributed by atoms with Gasteiger partial charge in [-0.05, 0) is 31.0 Å².